The van der Waals surface area contributed by atoms with Crippen molar-refractivity contribution in [2.45, 2.75) is 25.8 Å². The number of carbonyl (C=O) groups is 2. The first-order valence-electron chi connectivity index (χ1n) is 9.14. The van der Waals surface area contributed by atoms with Gasteiger partial charge in [-0.3, -0.25) is 9.59 Å². The molecule has 1 aliphatic heterocycles. The zero-order valence-corrected chi connectivity index (χ0v) is 15.2. The fourth-order valence-electron chi connectivity index (χ4n) is 3.60. The predicted molar refractivity (Wildman–Crippen MR) is 99.4 cm³/mol. The maximum absolute atomic E-state index is 12.7. The average molecular weight is 370 g/mol. The molecule has 3 aromatic rings. The molecule has 0 spiro atoms. The summed E-state index contributed by atoms with van der Waals surface area (Å²) in [5.41, 5.74) is 1.34. The third-order valence-electron chi connectivity index (χ3n) is 5.00. The number of aromatic nitrogens is 4. The molecule has 1 N–H and O–H groups in total. The van der Waals surface area contributed by atoms with Gasteiger partial charge in [0.1, 0.15) is 6.54 Å². The van der Waals surface area contributed by atoms with Crippen molar-refractivity contribution in [3.8, 4) is 0 Å². The molecule has 142 valence electrons. The summed E-state index contributed by atoms with van der Waals surface area (Å²) in [6.45, 7) is 1.79. The van der Waals surface area contributed by atoms with Crippen molar-refractivity contribution in [3.63, 3.8) is 0 Å². The molecule has 0 bridgehead atoms. The van der Waals surface area contributed by atoms with E-state index < -0.39 is 0 Å². The monoisotopic (exact) mass is 370 g/mol. The number of imidazole rings is 1. The molecule has 0 unspecified atom stereocenters. The van der Waals surface area contributed by atoms with E-state index >= 15 is 0 Å². The van der Waals surface area contributed by atoms with Crippen LogP contribution in [0, 0.1) is 0 Å². The highest BCUT2D eigenvalue weighted by atomic mass is 16.2. The van der Waals surface area contributed by atoms with Crippen LogP contribution in [0.5, 0.6) is 0 Å². The molecular formula is C18H22N6O3. The minimum atomic E-state index is -0.334. The summed E-state index contributed by atoms with van der Waals surface area (Å²) in [4.78, 5) is 38.2. The van der Waals surface area contributed by atoms with E-state index in [4.69, 9.17) is 0 Å². The van der Waals surface area contributed by atoms with E-state index in [0.29, 0.717) is 31.7 Å². The molecule has 9 heteroatoms. The fourth-order valence-corrected chi connectivity index (χ4v) is 3.60. The lowest BCUT2D eigenvalue weighted by molar-refractivity contribution is -0.127. The van der Waals surface area contributed by atoms with Gasteiger partial charge in [-0.2, -0.15) is 0 Å². The number of nitrogens with zero attached hydrogens (tertiary/aromatic N) is 5. The van der Waals surface area contributed by atoms with E-state index in [0.717, 1.165) is 24.0 Å². The molecule has 3 heterocycles. The standard InChI is InChI=1S/C18H22N6O3/c1-21-13-6-2-3-7-14(13)24-17(21)20-23(18(24)27)12-15(25)19-9-5-11-22-10-4-8-16(22)26/h2-3,6-7H,4-5,8-12H2,1H3,(H,19,25). The third kappa shape index (κ3) is 3.09. The second-order valence-electron chi connectivity index (χ2n) is 6.81. The molecule has 2 amide bonds. The Labute approximate surface area is 155 Å². The number of amides is 2. The Balaban J connectivity index is 1.40. The van der Waals surface area contributed by atoms with Gasteiger partial charge in [-0.05, 0) is 25.0 Å². The van der Waals surface area contributed by atoms with Crippen LogP contribution in [0.1, 0.15) is 19.3 Å². The normalized spacial score (nSPS) is 14.6. The van der Waals surface area contributed by atoms with Crippen LogP contribution in [-0.4, -0.2) is 55.1 Å². The fraction of sp³-hybridized carbons (Fsp3) is 0.444. The van der Waals surface area contributed by atoms with Crippen molar-refractivity contribution in [3.05, 3.63) is 34.7 Å². The van der Waals surface area contributed by atoms with Crippen LogP contribution in [0.4, 0.5) is 0 Å². The molecule has 0 atom stereocenters. The number of nitrogens with one attached hydrogen (secondary N) is 1. The highest BCUT2D eigenvalue weighted by Crippen LogP contribution is 2.16. The van der Waals surface area contributed by atoms with E-state index in [2.05, 4.69) is 10.4 Å². The van der Waals surface area contributed by atoms with Gasteiger partial charge in [0.15, 0.2) is 0 Å². The first-order chi connectivity index (χ1) is 13.1. The number of carbonyl (C=O) groups excluding carboxylic acids is 2. The number of benzene rings is 1. The van der Waals surface area contributed by atoms with Crippen molar-refractivity contribution in [2.75, 3.05) is 19.6 Å². The molecule has 0 aliphatic carbocycles. The van der Waals surface area contributed by atoms with Crippen LogP contribution in [0.25, 0.3) is 16.8 Å². The Morgan fingerprint density at radius 1 is 1.22 bits per heavy atom. The van der Waals surface area contributed by atoms with Crippen molar-refractivity contribution in [1.82, 2.24) is 29.0 Å². The summed E-state index contributed by atoms with van der Waals surface area (Å²) < 4.78 is 4.53. The third-order valence-corrected chi connectivity index (χ3v) is 5.00. The molecule has 9 nitrogen and oxygen atoms in total. The second-order valence-corrected chi connectivity index (χ2v) is 6.81. The van der Waals surface area contributed by atoms with Crippen LogP contribution in [0.15, 0.2) is 29.1 Å². The Morgan fingerprint density at radius 2 is 2.00 bits per heavy atom. The molecular weight excluding hydrogens is 348 g/mol. The molecule has 2 aromatic heterocycles. The minimum Gasteiger partial charge on any atom is -0.354 e. The number of likely N-dealkylation sites (tertiary alicyclic amines) is 1. The van der Waals surface area contributed by atoms with Crippen molar-refractivity contribution in [2.24, 2.45) is 7.05 Å². The molecule has 27 heavy (non-hydrogen) atoms. The van der Waals surface area contributed by atoms with Crippen LogP contribution in [0.3, 0.4) is 0 Å². The largest absolute Gasteiger partial charge is 0.354 e. The zero-order valence-electron chi connectivity index (χ0n) is 15.2. The maximum atomic E-state index is 12.7. The lowest BCUT2D eigenvalue weighted by Gasteiger charge is -2.15. The lowest BCUT2D eigenvalue weighted by atomic mass is 10.3. The van der Waals surface area contributed by atoms with Crippen molar-refractivity contribution in [1.29, 1.82) is 0 Å². The summed E-state index contributed by atoms with van der Waals surface area (Å²) >= 11 is 0. The second kappa shape index (κ2) is 6.90. The molecule has 0 radical (unpaired) electrons. The minimum absolute atomic E-state index is 0.127. The molecule has 1 aromatic carbocycles. The van der Waals surface area contributed by atoms with Gasteiger partial charge in [0.05, 0.1) is 11.0 Å². The van der Waals surface area contributed by atoms with Crippen LogP contribution in [-0.2, 0) is 23.2 Å². The first kappa shape index (κ1) is 17.3. The van der Waals surface area contributed by atoms with Crippen LogP contribution < -0.4 is 11.0 Å². The summed E-state index contributed by atoms with van der Waals surface area (Å²) in [6.07, 6.45) is 2.23. The van der Waals surface area contributed by atoms with Crippen molar-refractivity contribution >= 4 is 28.6 Å². The van der Waals surface area contributed by atoms with E-state index in [9.17, 15) is 14.4 Å². The van der Waals surface area contributed by atoms with Gasteiger partial charge in [-0.1, -0.05) is 12.1 Å². The molecule has 4 rings (SSSR count). The van der Waals surface area contributed by atoms with E-state index in [1.54, 1.807) is 0 Å². The summed E-state index contributed by atoms with van der Waals surface area (Å²) in [5.74, 6) is 0.420. The topological polar surface area (TPSA) is 93.6 Å². The van der Waals surface area contributed by atoms with Gasteiger partial charge in [-0.25, -0.2) is 13.9 Å². The number of aryl methyl sites for hydroxylation is 1. The predicted octanol–water partition coefficient (Wildman–Crippen LogP) is 0.116. The Morgan fingerprint density at radius 3 is 2.74 bits per heavy atom. The van der Waals surface area contributed by atoms with Crippen LogP contribution >= 0.6 is 0 Å². The first-order valence-corrected chi connectivity index (χ1v) is 9.14. The number of hydrogen-bond acceptors (Lipinski definition) is 4. The Bertz CT molecular complexity index is 1080. The maximum Gasteiger partial charge on any atom is 0.352 e. The van der Waals surface area contributed by atoms with E-state index in [1.165, 1.54) is 9.08 Å². The van der Waals surface area contributed by atoms with Gasteiger partial charge in [-0.15, -0.1) is 5.10 Å². The zero-order chi connectivity index (χ0) is 19.0. The van der Waals surface area contributed by atoms with Gasteiger partial charge in [0.25, 0.3) is 0 Å². The number of hydrogen-bond donors (Lipinski definition) is 1. The van der Waals surface area contributed by atoms with Gasteiger partial charge in [0, 0.05) is 33.1 Å². The Kier molecular flexibility index (Phi) is 4.43. The molecule has 1 saturated heterocycles. The van der Waals surface area contributed by atoms with Gasteiger partial charge in [0.2, 0.25) is 17.6 Å². The van der Waals surface area contributed by atoms with E-state index in [-0.39, 0.29) is 24.0 Å². The smallest absolute Gasteiger partial charge is 0.352 e. The molecule has 1 fully saturated rings. The lowest BCUT2D eigenvalue weighted by Crippen LogP contribution is -2.35. The van der Waals surface area contributed by atoms with Gasteiger partial charge >= 0.3 is 5.69 Å². The van der Waals surface area contributed by atoms with Gasteiger partial charge < -0.3 is 14.8 Å². The summed E-state index contributed by atoms with van der Waals surface area (Å²) in [6, 6.07) is 7.55. The average Bonchev–Trinajstić information content (AvgIpc) is 3.29. The number of rotatable bonds is 6. The van der Waals surface area contributed by atoms with Crippen LogP contribution in [0.2, 0.25) is 0 Å². The highest BCUT2D eigenvalue weighted by Gasteiger charge is 2.19. The quantitative estimate of drug-likeness (QED) is 0.624. The number of para-hydroxylation sites is 2. The summed E-state index contributed by atoms with van der Waals surface area (Å²) in [7, 11) is 1.84. The van der Waals surface area contributed by atoms with E-state index in [1.807, 2.05) is 40.8 Å². The Hall–Kier alpha value is -3.10. The number of fused-ring (bicyclic) bond motifs is 3. The molecule has 0 saturated carbocycles. The SMILES string of the molecule is Cn1c2ccccc2n2c(=O)n(CC(=O)NCCCN3CCCC3=O)nc12. The highest BCUT2D eigenvalue weighted by molar-refractivity contribution is 5.80. The molecule has 1 aliphatic rings. The summed E-state index contributed by atoms with van der Waals surface area (Å²) in [5, 5.41) is 7.10. The van der Waals surface area contributed by atoms with Crippen molar-refractivity contribution < 1.29 is 9.59 Å².